The van der Waals surface area contributed by atoms with Gasteiger partial charge in [-0.15, -0.1) is 0 Å². The van der Waals surface area contributed by atoms with Crippen LogP contribution in [0, 0.1) is 0 Å². The lowest BCUT2D eigenvalue weighted by Crippen LogP contribution is -2.36. The van der Waals surface area contributed by atoms with Crippen molar-refractivity contribution in [2.45, 2.75) is 5.76 Å². The van der Waals surface area contributed by atoms with Crippen LogP contribution in [-0.2, 0) is 10.0 Å². The van der Waals surface area contributed by atoms with E-state index in [2.05, 4.69) is 5.32 Å². The Morgan fingerprint density at radius 2 is 2.00 bits per heavy atom. The summed E-state index contributed by atoms with van der Waals surface area (Å²) in [7, 11) is -1.65. The maximum Gasteiger partial charge on any atom is 0.350 e. The molecule has 0 spiro atoms. The van der Waals surface area contributed by atoms with Gasteiger partial charge in [-0.25, -0.2) is 8.42 Å². The maximum absolute atomic E-state index is 11.8. The van der Waals surface area contributed by atoms with E-state index in [1.807, 2.05) is 0 Å². The second kappa shape index (κ2) is 4.68. The van der Waals surface area contributed by atoms with Gasteiger partial charge in [0.1, 0.15) is 0 Å². The van der Waals surface area contributed by atoms with E-state index in [0.717, 1.165) is 7.05 Å². The van der Waals surface area contributed by atoms with Crippen molar-refractivity contribution in [2.24, 2.45) is 0 Å². The van der Waals surface area contributed by atoms with Gasteiger partial charge in [0, 0.05) is 20.1 Å². The molecule has 0 atom stereocenters. The molecule has 0 fully saturated rings. The summed E-state index contributed by atoms with van der Waals surface area (Å²) in [6.45, 7) is 0.394. The van der Waals surface area contributed by atoms with Crippen molar-refractivity contribution >= 4 is 10.0 Å². The van der Waals surface area contributed by atoms with Crippen LogP contribution in [0.4, 0.5) is 8.78 Å². The smallest absolute Gasteiger partial charge is 0.318 e. The Morgan fingerprint density at radius 1 is 1.50 bits per heavy atom. The van der Waals surface area contributed by atoms with Crippen molar-refractivity contribution < 1.29 is 17.2 Å². The van der Waals surface area contributed by atoms with E-state index in [9.17, 15) is 17.2 Å². The van der Waals surface area contributed by atoms with Crippen molar-refractivity contribution in [3.63, 3.8) is 0 Å². The molecule has 0 aliphatic carbocycles. The first-order valence-corrected chi connectivity index (χ1v) is 4.81. The predicted octanol–water partition coefficient (Wildman–Crippen LogP) is -0.310. The Labute approximate surface area is 70.6 Å². The second-order valence-electron chi connectivity index (χ2n) is 2.23. The molecule has 0 aliphatic rings. The summed E-state index contributed by atoms with van der Waals surface area (Å²) in [6, 6.07) is 0. The highest BCUT2D eigenvalue weighted by Gasteiger charge is 2.28. The maximum atomic E-state index is 11.8. The molecule has 4 nitrogen and oxygen atoms in total. The van der Waals surface area contributed by atoms with Crippen molar-refractivity contribution in [2.75, 3.05) is 27.2 Å². The number of hydrogen-bond acceptors (Lipinski definition) is 3. The Kier molecular flexibility index (Phi) is 4.58. The standard InChI is InChI=1S/C5H12F2N2O2S/c1-8-3-4-9(2)12(10,11)5(6)7/h5,8H,3-4H2,1-2H3. The van der Waals surface area contributed by atoms with Gasteiger partial charge in [0.15, 0.2) is 0 Å². The predicted molar refractivity (Wildman–Crippen MR) is 41.5 cm³/mol. The van der Waals surface area contributed by atoms with Gasteiger partial charge in [-0.05, 0) is 7.05 Å². The largest absolute Gasteiger partial charge is 0.350 e. The van der Waals surface area contributed by atoms with E-state index in [4.69, 9.17) is 0 Å². The first kappa shape index (κ1) is 11.7. The highest BCUT2D eigenvalue weighted by Crippen LogP contribution is 2.08. The Morgan fingerprint density at radius 3 is 2.33 bits per heavy atom. The van der Waals surface area contributed by atoms with E-state index in [1.165, 1.54) is 0 Å². The number of hydrogen-bond donors (Lipinski definition) is 1. The molecule has 0 saturated carbocycles. The number of nitrogens with zero attached hydrogens (tertiary/aromatic N) is 1. The fourth-order valence-corrected chi connectivity index (χ4v) is 1.15. The number of nitrogens with one attached hydrogen (secondary N) is 1. The van der Waals surface area contributed by atoms with Crippen LogP contribution in [0.5, 0.6) is 0 Å². The third-order valence-corrected chi connectivity index (χ3v) is 2.84. The minimum absolute atomic E-state index is 0.0448. The number of sulfonamides is 1. The second-order valence-corrected chi connectivity index (χ2v) is 4.24. The van der Waals surface area contributed by atoms with Gasteiger partial charge in [0.25, 0.3) is 10.0 Å². The molecular formula is C5H12F2N2O2S. The van der Waals surface area contributed by atoms with E-state index in [-0.39, 0.29) is 6.54 Å². The van der Waals surface area contributed by atoms with Crippen LogP contribution in [0.15, 0.2) is 0 Å². The quantitative estimate of drug-likeness (QED) is 0.665. The van der Waals surface area contributed by atoms with Crippen molar-refractivity contribution in [3.05, 3.63) is 0 Å². The zero-order valence-electron chi connectivity index (χ0n) is 6.92. The van der Waals surface area contributed by atoms with Crippen LogP contribution < -0.4 is 5.32 Å². The highest BCUT2D eigenvalue weighted by atomic mass is 32.2. The fraction of sp³-hybridized carbons (Fsp3) is 1.00. The van der Waals surface area contributed by atoms with Gasteiger partial charge in [0.2, 0.25) is 0 Å². The zero-order valence-corrected chi connectivity index (χ0v) is 7.74. The minimum atomic E-state index is -4.39. The zero-order chi connectivity index (χ0) is 9.78. The summed E-state index contributed by atoms with van der Waals surface area (Å²) in [5.41, 5.74) is 0. The van der Waals surface area contributed by atoms with Crippen molar-refractivity contribution in [1.29, 1.82) is 0 Å². The van der Waals surface area contributed by atoms with Crippen LogP contribution in [0.3, 0.4) is 0 Å². The number of rotatable bonds is 5. The summed E-state index contributed by atoms with van der Waals surface area (Å²) < 4.78 is 45.7. The first-order chi connectivity index (χ1) is 5.42. The molecule has 0 amide bonds. The van der Waals surface area contributed by atoms with Gasteiger partial charge >= 0.3 is 5.76 Å². The molecule has 7 heteroatoms. The normalized spacial score (nSPS) is 12.8. The van der Waals surface area contributed by atoms with Gasteiger partial charge < -0.3 is 5.32 Å². The lowest BCUT2D eigenvalue weighted by atomic mass is 10.6. The molecule has 0 rings (SSSR count). The first-order valence-electron chi connectivity index (χ1n) is 3.31. The van der Waals surface area contributed by atoms with Gasteiger partial charge in [-0.2, -0.15) is 13.1 Å². The average Bonchev–Trinajstić information content (AvgIpc) is 1.99. The SMILES string of the molecule is CNCCN(C)S(=O)(=O)C(F)F. The summed E-state index contributed by atoms with van der Waals surface area (Å²) in [5.74, 6) is -3.33. The highest BCUT2D eigenvalue weighted by molar-refractivity contribution is 7.89. The lowest BCUT2D eigenvalue weighted by molar-refractivity contribution is 0.222. The minimum Gasteiger partial charge on any atom is -0.318 e. The van der Waals surface area contributed by atoms with E-state index < -0.39 is 15.8 Å². The summed E-state index contributed by atoms with van der Waals surface area (Å²) in [5, 5.41) is 2.66. The molecular weight excluding hydrogens is 190 g/mol. The van der Waals surface area contributed by atoms with E-state index in [1.54, 1.807) is 7.05 Å². The summed E-state index contributed by atoms with van der Waals surface area (Å²) in [6.07, 6.45) is 0. The lowest BCUT2D eigenvalue weighted by Gasteiger charge is -2.15. The van der Waals surface area contributed by atoms with Crippen LogP contribution >= 0.6 is 0 Å². The Bertz CT molecular complexity index is 217. The molecule has 0 bridgehead atoms. The van der Waals surface area contributed by atoms with Crippen molar-refractivity contribution in [3.8, 4) is 0 Å². The number of likely N-dealkylation sites (N-methyl/N-ethyl adjacent to an activating group) is 2. The molecule has 0 aliphatic heterocycles. The molecule has 12 heavy (non-hydrogen) atoms. The number of halogens is 2. The number of alkyl halides is 2. The molecule has 0 aromatic carbocycles. The third-order valence-electron chi connectivity index (χ3n) is 1.34. The van der Waals surface area contributed by atoms with Crippen molar-refractivity contribution in [1.82, 2.24) is 9.62 Å². The molecule has 0 radical (unpaired) electrons. The average molecular weight is 202 g/mol. The molecule has 0 unspecified atom stereocenters. The third kappa shape index (κ3) is 3.00. The summed E-state index contributed by atoms with van der Waals surface area (Å²) in [4.78, 5) is 0. The van der Waals surface area contributed by atoms with Gasteiger partial charge in [-0.3, -0.25) is 0 Å². The summed E-state index contributed by atoms with van der Waals surface area (Å²) >= 11 is 0. The topological polar surface area (TPSA) is 49.4 Å². The van der Waals surface area contributed by atoms with Crippen LogP contribution in [-0.4, -0.2) is 45.7 Å². The molecule has 1 N–H and O–H groups in total. The molecule has 0 heterocycles. The molecule has 74 valence electrons. The van der Waals surface area contributed by atoms with Gasteiger partial charge in [-0.1, -0.05) is 0 Å². The Balaban J connectivity index is 4.17. The van der Waals surface area contributed by atoms with Crippen LogP contribution in [0.2, 0.25) is 0 Å². The molecule has 0 aromatic rings. The molecule has 0 aromatic heterocycles. The Hall–Kier alpha value is -0.270. The van der Waals surface area contributed by atoms with E-state index in [0.29, 0.717) is 10.8 Å². The van der Waals surface area contributed by atoms with Crippen LogP contribution in [0.25, 0.3) is 0 Å². The van der Waals surface area contributed by atoms with E-state index >= 15 is 0 Å². The van der Waals surface area contributed by atoms with Gasteiger partial charge in [0.05, 0.1) is 0 Å². The molecule has 0 saturated heterocycles. The fourth-order valence-electron chi connectivity index (χ4n) is 0.533. The monoisotopic (exact) mass is 202 g/mol. The van der Waals surface area contributed by atoms with Crippen LogP contribution in [0.1, 0.15) is 0 Å².